The molecular formula is C30H36N6O6. The predicted octanol–water partition coefficient (Wildman–Crippen LogP) is 2.21. The number of hydrogen-bond acceptors (Lipinski definition) is 8. The second-order valence-corrected chi connectivity index (χ2v) is 10.3. The molecule has 0 aliphatic carbocycles. The lowest BCUT2D eigenvalue weighted by atomic mass is 9.98. The molecule has 0 spiro atoms. The van der Waals surface area contributed by atoms with Crippen molar-refractivity contribution in [1.29, 1.82) is 0 Å². The number of hydrogen-bond donors (Lipinski definition) is 2. The molecule has 2 aliphatic heterocycles. The van der Waals surface area contributed by atoms with E-state index < -0.39 is 6.04 Å². The van der Waals surface area contributed by atoms with Gasteiger partial charge in [-0.05, 0) is 38.0 Å². The lowest BCUT2D eigenvalue weighted by Gasteiger charge is -2.29. The smallest absolute Gasteiger partial charge is 0.251 e. The highest BCUT2D eigenvalue weighted by Crippen LogP contribution is 2.28. The first-order valence-electron chi connectivity index (χ1n) is 14.2. The van der Waals surface area contributed by atoms with E-state index in [1.807, 2.05) is 37.3 Å². The molecule has 2 bridgehead atoms. The molecule has 1 atom stereocenters. The number of nitrogens with one attached hydrogen (secondary N) is 2. The number of aromatic nitrogens is 3. The summed E-state index contributed by atoms with van der Waals surface area (Å²) in [6, 6.07) is 14.0. The monoisotopic (exact) mass is 576 g/mol. The predicted molar refractivity (Wildman–Crippen MR) is 153 cm³/mol. The van der Waals surface area contributed by atoms with Crippen LogP contribution in [0.2, 0.25) is 0 Å². The van der Waals surface area contributed by atoms with Crippen molar-refractivity contribution in [2.75, 3.05) is 46.6 Å². The topological polar surface area (TPSA) is 137 Å². The highest BCUT2D eigenvalue weighted by molar-refractivity contribution is 5.95. The van der Waals surface area contributed by atoms with Gasteiger partial charge in [-0.25, -0.2) is 9.67 Å². The van der Waals surface area contributed by atoms with Crippen LogP contribution < -0.4 is 20.1 Å². The molecule has 12 nitrogen and oxygen atoms in total. The van der Waals surface area contributed by atoms with Crippen LogP contribution in [-0.4, -0.2) is 84.0 Å². The Morgan fingerprint density at radius 2 is 1.81 bits per heavy atom. The summed E-state index contributed by atoms with van der Waals surface area (Å²) in [6.45, 7) is 3.58. The highest BCUT2D eigenvalue weighted by Gasteiger charge is 2.29. The largest absolute Gasteiger partial charge is 0.493 e. The maximum Gasteiger partial charge on any atom is 0.251 e. The summed E-state index contributed by atoms with van der Waals surface area (Å²) in [5.74, 6) is 0.967. The van der Waals surface area contributed by atoms with Crippen LogP contribution in [-0.2, 0) is 20.9 Å². The average molecular weight is 577 g/mol. The molecule has 1 aromatic heterocycles. The maximum atomic E-state index is 13.4. The van der Waals surface area contributed by atoms with Gasteiger partial charge in [-0.15, -0.1) is 0 Å². The fourth-order valence-electron chi connectivity index (χ4n) is 5.12. The van der Waals surface area contributed by atoms with Crippen molar-refractivity contribution in [2.24, 2.45) is 5.92 Å². The van der Waals surface area contributed by atoms with Crippen molar-refractivity contribution in [1.82, 2.24) is 30.3 Å². The van der Waals surface area contributed by atoms with Crippen LogP contribution >= 0.6 is 0 Å². The summed E-state index contributed by atoms with van der Waals surface area (Å²) < 4.78 is 18.6. The lowest BCUT2D eigenvalue weighted by molar-refractivity contribution is -0.142. The van der Waals surface area contributed by atoms with Crippen molar-refractivity contribution < 1.29 is 28.6 Å². The number of methoxy groups -OCH3 is 1. The fourth-order valence-corrected chi connectivity index (χ4v) is 5.12. The molecule has 222 valence electrons. The minimum atomic E-state index is -0.504. The van der Waals surface area contributed by atoms with E-state index >= 15 is 0 Å². The highest BCUT2D eigenvalue weighted by atomic mass is 16.5. The van der Waals surface area contributed by atoms with Gasteiger partial charge in [0, 0.05) is 43.3 Å². The molecule has 2 N–H and O–H groups in total. The van der Waals surface area contributed by atoms with Crippen molar-refractivity contribution in [3.05, 3.63) is 59.9 Å². The van der Waals surface area contributed by atoms with Crippen molar-refractivity contribution in [3.8, 4) is 22.9 Å². The van der Waals surface area contributed by atoms with E-state index in [-0.39, 0.29) is 49.9 Å². The summed E-state index contributed by atoms with van der Waals surface area (Å²) in [7, 11) is 1.54. The number of nitrogens with zero attached hydrogens (tertiary/aromatic N) is 4. The first-order valence-corrected chi connectivity index (χ1v) is 14.2. The second-order valence-electron chi connectivity index (χ2n) is 10.3. The third-order valence-corrected chi connectivity index (χ3v) is 7.37. The van der Waals surface area contributed by atoms with E-state index in [0.29, 0.717) is 61.3 Å². The van der Waals surface area contributed by atoms with Gasteiger partial charge in [-0.2, -0.15) is 5.10 Å². The Bertz CT molecular complexity index is 1400. The third kappa shape index (κ3) is 6.88. The lowest BCUT2D eigenvalue weighted by Crippen LogP contribution is -2.47. The summed E-state index contributed by atoms with van der Waals surface area (Å²) in [4.78, 5) is 46.0. The quantitative estimate of drug-likeness (QED) is 0.484. The van der Waals surface area contributed by atoms with Crippen LogP contribution in [0.1, 0.15) is 42.0 Å². The molecule has 0 radical (unpaired) electrons. The summed E-state index contributed by atoms with van der Waals surface area (Å²) in [5, 5.41) is 10.6. The summed E-state index contributed by atoms with van der Waals surface area (Å²) in [5.41, 5.74) is 1.23. The molecule has 42 heavy (non-hydrogen) atoms. The van der Waals surface area contributed by atoms with E-state index in [0.717, 1.165) is 5.56 Å². The zero-order valence-electron chi connectivity index (χ0n) is 23.9. The van der Waals surface area contributed by atoms with Crippen molar-refractivity contribution >= 4 is 17.7 Å². The van der Waals surface area contributed by atoms with E-state index in [9.17, 15) is 14.4 Å². The van der Waals surface area contributed by atoms with E-state index in [2.05, 4.69) is 10.6 Å². The summed E-state index contributed by atoms with van der Waals surface area (Å²) >= 11 is 0. The Kier molecular flexibility index (Phi) is 9.32. The minimum absolute atomic E-state index is 0.122. The van der Waals surface area contributed by atoms with Gasteiger partial charge in [0.25, 0.3) is 5.91 Å². The Balaban J connectivity index is 1.45. The molecule has 0 unspecified atom stereocenters. The SMILES string of the molecule is COc1ccc2cc1OCCn1nc(-c3ccccc3)nc1[C@@H](C)NC(=O)CN(C(=O)C1CCOCC1)CCNC2=O. The van der Waals surface area contributed by atoms with Crippen molar-refractivity contribution in [3.63, 3.8) is 0 Å². The van der Waals surface area contributed by atoms with Gasteiger partial charge in [0.2, 0.25) is 11.8 Å². The molecule has 2 aromatic carbocycles. The minimum Gasteiger partial charge on any atom is -0.493 e. The Morgan fingerprint density at radius 1 is 1.02 bits per heavy atom. The van der Waals surface area contributed by atoms with Gasteiger partial charge < -0.3 is 29.7 Å². The van der Waals surface area contributed by atoms with Gasteiger partial charge in [-0.1, -0.05) is 30.3 Å². The summed E-state index contributed by atoms with van der Waals surface area (Å²) in [6.07, 6.45) is 1.19. The van der Waals surface area contributed by atoms with Gasteiger partial charge in [0.05, 0.1) is 26.2 Å². The Labute approximate surface area is 244 Å². The van der Waals surface area contributed by atoms with Crippen LogP contribution in [0.3, 0.4) is 0 Å². The van der Waals surface area contributed by atoms with E-state index in [4.69, 9.17) is 24.3 Å². The van der Waals surface area contributed by atoms with Crippen LogP contribution in [0.25, 0.3) is 11.4 Å². The molecule has 12 heteroatoms. The number of benzene rings is 2. The van der Waals surface area contributed by atoms with E-state index in [1.54, 1.807) is 22.9 Å². The molecule has 0 saturated carbocycles. The Morgan fingerprint density at radius 3 is 2.57 bits per heavy atom. The number of rotatable bonds is 3. The molecule has 1 fully saturated rings. The van der Waals surface area contributed by atoms with Gasteiger partial charge in [0.1, 0.15) is 12.4 Å². The van der Waals surface area contributed by atoms with Gasteiger partial charge >= 0.3 is 0 Å². The molecular weight excluding hydrogens is 540 g/mol. The number of carbonyl (C=O) groups is 3. The molecule has 1 saturated heterocycles. The normalized spacial score (nSPS) is 19.1. The van der Waals surface area contributed by atoms with Crippen LogP contribution in [0, 0.1) is 5.92 Å². The fraction of sp³-hybridized carbons (Fsp3) is 0.433. The standard InChI is InChI=1S/C30H36N6O6/c1-20-28-33-27(21-6-4-3-5-7-21)34-36(28)14-17-42-25-18-23(8-9-24(25)40-2)29(38)31-12-13-35(19-26(37)32-20)30(39)22-10-15-41-16-11-22/h3-9,18,20,22H,10-17,19H2,1-2H3,(H,31,38)(H,32,37)/t20-/m1/s1. The zero-order valence-corrected chi connectivity index (χ0v) is 23.9. The van der Waals surface area contributed by atoms with E-state index in [1.165, 1.54) is 12.0 Å². The zero-order chi connectivity index (χ0) is 29.5. The van der Waals surface area contributed by atoms with Crippen LogP contribution in [0.4, 0.5) is 0 Å². The van der Waals surface area contributed by atoms with Crippen LogP contribution in [0.15, 0.2) is 48.5 Å². The third-order valence-electron chi connectivity index (χ3n) is 7.37. The first-order chi connectivity index (χ1) is 20.4. The Hall–Kier alpha value is -4.45. The number of amides is 3. The average Bonchev–Trinajstić information content (AvgIpc) is 3.45. The molecule has 2 aliphatic rings. The molecule has 5 rings (SSSR count). The molecule has 3 aromatic rings. The molecule has 3 heterocycles. The first kappa shape index (κ1) is 29.1. The van der Waals surface area contributed by atoms with Crippen LogP contribution in [0.5, 0.6) is 11.5 Å². The molecule has 3 amide bonds. The maximum absolute atomic E-state index is 13.4. The van der Waals surface area contributed by atoms with Crippen molar-refractivity contribution in [2.45, 2.75) is 32.4 Å². The van der Waals surface area contributed by atoms with Gasteiger partial charge in [-0.3, -0.25) is 14.4 Å². The number of carbonyl (C=O) groups excluding carboxylic acids is 3. The number of ether oxygens (including phenoxy) is 3. The second kappa shape index (κ2) is 13.5. The number of fused-ring (bicyclic) bond motifs is 3. The van der Waals surface area contributed by atoms with Gasteiger partial charge in [0.15, 0.2) is 17.3 Å².